The van der Waals surface area contributed by atoms with Crippen LogP contribution in [0.1, 0.15) is 5.56 Å². The number of hydrogen-bond acceptors (Lipinski definition) is 4. The fourth-order valence-corrected chi connectivity index (χ4v) is 2.16. The lowest BCUT2D eigenvalue weighted by Gasteiger charge is -2.03. The fourth-order valence-electron chi connectivity index (χ4n) is 1.31. The topological polar surface area (TPSA) is 64.9 Å². The first-order valence-corrected chi connectivity index (χ1v) is 5.91. The number of thioether (sulfide) groups is 1. The molecule has 2 rings (SSSR count). The lowest BCUT2D eigenvalue weighted by atomic mass is 10.3. The van der Waals surface area contributed by atoms with Gasteiger partial charge in [0.05, 0.1) is 0 Å². The average Bonchev–Trinajstić information content (AvgIpc) is 2.28. The molecule has 0 aliphatic carbocycles. The maximum absolute atomic E-state index is 5.62. The third kappa shape index (κ3) is 2.90. The predicted octanol–water partition coefficient (Wildman–Crippen LogP) is 2.54. The van der Waals surface area contributed by atoms with Gasteiger partial charge in [0, 0.05) is 22.5 Å². The van der Waals surface area contributed by atoms with Crippen LogP contribution in [-0.2, 0) is 5.75 Å². The van der Waals surface area contributed by atoms with E-state index in [2.05, 4.69) is 4.98 Å². The molecule has 2 aromatic rings. The summed E-state index contributed by atoms with van der Waals surface area (Å²) in [5.74, 6) is 1.45. The zero-order valence-electron chi connectivity index (χ0n) is 8.76. The summed E-state index contributed by atoms with van der Waals surface area (Å²) >= 11 is 1.75. The Labute approximate surface area is 98.9 Å². The Hall–Kier alpha value is -1.68. The van der Waals surface area contributed by atoms with Crippen LogP contribution in [0.25, 0.3) is 0 Å². The van der Waals surface area contributed by atoms with E-state index in [0.717, 1.165) is 11.4 Å². The molecule has 0 bridgehead atoms. The Morgan fingerprint density at radius 3 is 2.50 bits per heavy atom. The van der Waals surface area contributed by atoms with Crippen molar-refractivity contribution in [3.05, 3.63) is 48.2 Å². The number of rotatable bonds is 3. The lowest BCUT2D eigenvalue weighted by molar-refractivity contribution is 1.28. The van der Waals surface area contributed by atoms with E-state index in [-0.39, 0.29) is 0 Å². The predicted molar refractivity (Wildman–Crippen MR) is 69.1 cm³/mol. The van der Waals surface area contributed by atoms with Gasteiger partial charge in [-0.1, -0.05) is 0 Å². The van der Waals surface area contributed by atoms with Crippen molar-refractivity contribution in [3.8, 4) is 0 Å². The van der Waals surface area contributed by atoms with Gasteiger partial charge in [-0.3, -0.25) is 0 Å². The molecule has 0 aliphatic heterocycles. The molecule has 0 fully saturated rings. The number of anilines is 2. The Bertz CT molecular complexity index is 468. The molecule has 4 N–H and O–H groups in total. The number of aromatic nitrogens is 1. The van der Waals surface area contributed by atoms with E-state index >= 15 is 0 Å². The third-order valence-electron chi connectivity index (χ3n) is 2.13. The molecule has 0 unspecified atom stereocenters. The van der Waals surface area contributed by atoms with Crippen molar-refractivity contribution in [2.45, 2.75) is 10.6 Å². The zero-order valence-corrected chi connectivity index (χ0v) is 9.58. The normalized spacial score (nSPS) is 10.2. The van der Waals surface area contributed by atoms with Gasteiger partial charge in [0.15, 0.2) is 0 Å². The summed E-state index contributed by atoms with van der Waals surface area (Å²) in [5, 5.41) is 0. The van der Waals surface area contributed by atoms with Gasteiger partial charge in [-0.2, -0.15) is 0 Å². The van der Waals surface area contributed by atoms with Crippen molar-refractivity contribution in [2.24, 2.45) is 0 Å². The first-order valence-electron chi connectivity index (χ1n) is 4.93. The summed E-state index contributed by atoms with van der Waals surface area (Å²) in [6.45, 7) is 0. The molecular formula is C12H13N3S. The smallest absolute Gasteiger partial charge is 0.123 e. The lowest BCUT2D eigenvalue weighted by Crippen LogP contribution is -1.90. The molecular weight excluding hydrogens is 218 g/mol. The highest BCUT2D eigenvalue weighted by molar-refractivity contribution is 7.98. The van der Waals surface area contributed by atoms with Crippen LogP contribution >= 0.6 is 11.8 Å². The number of hydrogen-bond donors (Lipinski definition) is 2. The van der Waals surface area contributed by atoms with E-state index in [9.17, 15) is 0 Å². The zero-order chi connectivity index (χ0) is 11.4. The van der Waals surface area contributed by atoms with Gasteiger partial charge < -0.3 is 11.5 Å². The Morgan fingerprint density at radius 1 is 1.06 bits per heavy atom. The van der Waals surface area contributed by atoms with Crippen LogP contribution < -0.4 is 11.5 Å². The van der Waals surface area contributed by atoms with Crippen LogP contribution in [0.5, 0.6) is 0 Å². The van der Waals surface area contributed by atoms with Crippen molar-refractivity contribution >= 4 is 23.3 Å². The second-order valence-electron chi connectivity index (χ2n) is 3.45. The third-order valence-corrected chi connectivity index (χ3v) is 3.21. The molecule has 0 spiro atoms. The molecule has 0 saturated heterocycles. The number of nitrogen functional groups attached to an aromatic ring is 2. The molecule has 1 aromatic heterocycles. The second kappa shape index (κ2) is 4.90. The fraction of sp³-hybridized carbons (Fsp3) is 0.0833. The molecule has 82 valence electrons. The first kappa shape index (κ1) is 10.8. The summed E-state index contributed by atoms with van der Waals surface area (Å²) < 4.78 is 0. The summed E-state index contributed by atoms with van der Waals surface area (Å²) in [7, 11) is 0. The molecule has 0 saturated carbocycles. The molecule has 0 atom stereocenters. The Kier molecular flexibility index (Phi) is 3.31. The minimum Gasteiger partial charge on any atom is -0.399 e. The summed E-state index contributed by atoms with van der Waals surface area (Å²) in [6, 6.07) is 11.7. The molecule has 0 radical (unpaired) electrons. The summed E-state index contributed by atoms with van der Waals surface area (Å²) in [4.78, 5) is 5.16. The molecule has 1 heterocycles. The SMILES string of the molecule is Nc1ccc(SCc2ccnc(N)c2)cc1. The van der Waals surface area contributed by atoms with E-state index in [1.54, 1.807) is 18.0 Å². The van der Waals surface area contributed by atoms with E-state index in [4.69, 9.17) is 11.5 Å². The van der Waals surface area contributed by atoms with Gasteiger partial charge in [-0.15, -0.1) is 11.8 Å². The van der Waals surface area contributed by atoms with Crippen LogP contribution in [0, 0.1) is 0 Å². The van der Waals surface area contributed by atoms with Gasteiger partial charge in [0.1, 0.15) is 5.82 Å². The number of benzene rings is 1. The Morgan fingerprint density at radius 2 is 1.81 bits per heavy atom. The van der Waals surface area contributed by atoms with Crippen LogP contribution in [-0.4, -0.2) is 4.98 Å². The highest BCUT2D eigenvalue weighted by Crippen LogP contribution is 2.23. The van der Waals surface area contributed by atoms with Gasteiger partial charge in [0.25, 0.3) is 0 Å². The number of pyridine rings is 1. The van der Waals surface area contributed by atoms with Crippen LogP contribution in [0.3, 0.4) is 0 Å². The molecule has 4 heteroatoms. The van der Waals surface area contributed by atoms with Gasteiger partial charge in [0.2, 0.25) is 0 Å². The molecule has 1 aromatic carbocycles. The maximum atomic E-state index is 5.62. The van der Waals surface area contributed by atoms with E-state index in [1.807, 2.05) is 36.4 Å². The van der Waals surface area contributed by atoms with Crippen LogP contribution in [0.4, 0.5) is 11.5 Å². The van der Waals surface area contributed by atoms with E-state index < -0.39 is 0 Å². The first-order chi connectivity index (χ1) is 7.74. The minimum atomic E-state index is 0.565. The van der Waals surface area contributed by atoms with Crippen molar-refractivity contribution < 1.29 is 0 Å². The van der Waals surface area contributed by atoms with Crippen molar-refractivity contribution in [3.63, 3.8) is 0 Å². The summed E-state index contributed by atoms with van der Waals surface area (Å²) in [5.41, 5.74) is 13.2. The molecule has 0 aliphatic rings. The standard InChI is InChI=1S/C12H13N3S/c13-10-1-3-11(4-2-10)16-8-9-5-6-15-12(14)7-9/h1-7H,8,13H2,(H2,14,15). The largest absolute Gasteiger partial charge is 0.399 e. The van der Waals surface area contributed by atoms with Crippen molar-refractivity contribution in [2.75, 3.05) is 11.5 Å². The number of nitrogens with two attached hydrogens (primary N) is 2. The van der Waals surface area contributed by atoms with Crippen LogP contribution in [0.2, 0.25) is 0 Å². The van der Waals surface area contributed by atoms with Crippen LogP contribution in [0.15, 0.2) is 47.5 Å². The van der Waals surface area contributed by atoms with Crippen molar-refractivity contribution in [1.82, 2.24) is 4.98 Å². The quantitative estimate of drug-likeness (QED) is 0.629. The highest BCUT2D eigenvalue weighted by Gasteiger charge is 1.97. The number of nitrogens with zero attached hydrogens (tertiary/aromatic N) is 1. The molecule has 16 heavy (non-hydrogen) atoms. The highest BCUT2D eigenvalue weighted by atomic mass is 32.2. The van der Waals surface area contributed by atoms with Gasteiger partial charge in [-0.25, -0.2) is 4.98 Å². The second-order valence-corrected chi connectivity index (χ2v) is 4.50. The monoisotopic (exact) mass is 231 g/mol. The Balaban J connectivity index is 1.99. The van der Waals surface area contributed by atoms with Gasteiger partial charge >= 0.3 is 0 Å². The summed E-state index contributed by atoms with van der Waals surface area (Å²) in [6.07, 6.45) is 1.73. The van der Waals surface area contributed by atoms with E-state index in [1.165, 1.54) is 10.5 Å². The molecule has 0 amide bonds. The van der Waals surface area contributed by atoms with Crippen molar-refractivity contribution in [1.29, 1.82) is 0 Å². The maximum Gasteiger partial charge on any atom is 0.123 e. The van der Waals surface area contributed by atoms with Gasteiger partial charge in [-0.05, 0) is 42.0 Å². The average molecular weight is 231 g/mol. The van der Waals surface area contributed by atoms with E-state index in [0.29, 0.717) is 5.82 Å². The minimum absolute atomic E-state index is 0.565. The molecule has 3 nitrogen and oxygen atoms in total.